The van der Waals surface area contributed by atoms with Crippen LogP contribution in [0, 0.1) is 0 Å². The summed E-state index contributed by atoms with van der Waals surface area (Å²) in [6.07, 6.45) is 0. The van der Waals surface area contributed by atoms with Crippen LogP contribution >= 0.6 is 0 Å². The number of hydrogen-bond donors (Lipinski definition) is 0. The van der Waals surface area contributed by atoms with Crippen LogP contribution in [-0.4, -0.2) is 38.1 Å². The van der Waals surface area contributed by atoms with E-state index < -0.39 is 17.9 Å². The van der Waals surface area contributed by atoms with E-state index in [9.17, 15) is 9.59 Å². The van der Waals surface area contributed by atoms with Crippen LogP contribution in [0.25, 0.3) is 0 Å². The molecule has 2 aromatic carbocycles. The van der Waals surface area contributed by atoms with Crippen molar-refractivity contribution in [2.75, 3.05) is 21.3 Å². The first kappa shape index (κ1) is 22.2. The molecule has 0 radical (unpaired) electrons. The van der Waals surface area contributed by atoms with E-state index in [0.717, 1.165) is 22.5 Å². The highest BCUT2D eigenvalue weighted by atomic mass is 16.5. The van der Waals surface area contributed by atoms with Gasteiger partial charge in [0.15, 0.2) is 0 Å². The number of carbonyl (C=O) groups excluding carboxylic acids is 2. The Hall–Kier alpha value is -3.54. The zero-order chi connectivity index (χ0) is 22.5. The first-order chi connectivity index (χ1) is 14.9. The maximum absolute atomic E-state index is 12.8. The normalized spacial score (nSPS) is 14.5. The van der Waals surface area contributed by atoms with Gasteiger partial charge in [-0.05, 0) is 37.1 Å². The molecule has 0 N–H and O–H groups in total. The summed E-state index contributed by atoms with van der Waals surface area (Å²) in [5.41, 5.74) is 4.03. The van der Waals surface area contributed by atoms with Gasteiger partial charge in [0.2, 0.25) is 0 Å². The molecule has 0 aliphatic carbocycles. The molecule has 31 heavy (non-hydrogen) atoms. The molecule has 162 valence electrons. The summed E-state index contributed by atoms with van der Waals surface area (Å²) in [6.45, 7) is 4.09. The minimum atomic E-state index is -0.628. The second kappa shape index (κ2) is 9.51. The standard InChI is InChI=1S/C25H27NO5/c1-16-21(24(27)29-4)23(22(25(28)30-5)17(2)26(16)3)19-12-9-13-20(14-19)31-15-18-10-7-6-8-11-18/h6-14,23H,15H2,1-5H3. The van der Waals surface area contributed by atoms with Gasteiger partial charge in [-0.15, -0.1) is 0 Å². The Morgan fingerprint density at radius 3 is 2.00 bits per heavy atom. The zero-order valence-electron chi connectivity index (χ0n) is 18.5. The molecular formula is C25H27NO5. The van der Waals surface area contributed by atoms with E-state index in [2.05, 4.69) is 0 Å². The Kier molecular flexibility index (Phi) is 6.80. The fourth-order valence-electron chi connectivity index (χ4n) is 3.78. The zero-order valence-corrected chi connectivity index (χ0v) is 18.5. The third kappa shape index (κ3) is 4.48. The molecule has 0 fully saturated rings. The molecule has 1 aliphatic rings. The maximum atomic E-state index is 12.8. The molecule has 0 amide bonds. The highest BCUT2D eigenvalue weighted by Crippen LogP contribution is 2.42. The van der Waals surface area contributed by atoms with Gasteiger partial charge in [0, 0.05) is 18.4 Å². The molecule has 0 unspecified atom stereocenters. The van der Waals surface area contributed by atoms with E-state index in [1.807, 2.05) is 80.4 Å². The van der Waals surface area contributed by atoms with Gasteiger partial charge < -0.3 is 19.1 Å². The van der Waals surface area contributed by atoms with Gasteiger partial charge in [0.05, 0.1) is 31.3 Å². The maximum Gasteiger partial charge on any atom is 0.336 e. The Morgan fingerprint density at radius 2 is 1.45 bits per heavy atom. The van der Waals surface area contributed by atoms with Crippen LogP contribution in [-0.2, 0) is 25.7 Å². The molecule has 3 rings (SSSR count). The summed E-state index contributed by atoms with van der Waals surface area (Å²) >= 11 is 0. The summed E-state index contributed by atoms with van der Waals surface area (Å²) in [6, 6.07) is 17.3. The highest BCUT2D eigenvalue weighted by Gasteiger charge is 2.39. The van der Waals surface area contributed by atoms with Gasteiger partial charge in [-0.3, -0.25) is 0 Å². The number of esters is 2. The third-order valence-corrected chi connectivity index (χ3v) is 5.61. The van der Waals surface area contributed by atoms with Crippen LogP contribution in [0.1, 0.15) is 30.9 Å². The fourth-order valence-corrected chi connectivity index (χ4v) is 3.78. The van der Waals surface area contributed by atoms with Gasteiger partial charge >= 0.3 is 11.9 Å². The first-order valence-electron chi connectivity index (χ1n) is 9.97. The first-order valence-corrected chi connectivity index (χ1v) is 9.97. The predicted molar refractivity (Wildman–Crippen MR) is 117 cm³/mol. The molecule has 6 heteroatoms. The summed E-state index contributed by atoms with van der Waals surface area (Å²) in [5.74, 6) is -0.960. The minimum absolute atomic E-state index is 0.399. The monoisotopic (exact) mass is 421 g/mol. The quantitative estimate of drug-likeness (QED) is 0.652. The number of methoxy groups -OCH3 is 2. The smallest absolute Gasteiger partial charge is 0.336 e. The van der Waals surface area contributed by atoms with Gasteiger partial charge in [-0.1, -0.05) is 42.5 Å². The molecule has 1 aliphatic heterocycles. The molecule has 0 atom stereocenters. The van der Waals surface area contributed by atoms with Crippen molar-refractivity contribution < 1.29 is 23.8 Å². The lowest BCUT2D eigenvalue weighted by Crippen LogP contribution is -2.33. The van der Waals surface area contributed by atoms with E-state index >= 15 is 0 Å². The number of ether oxygens (including phenoxy) is 3. The fraction of sp³-hybridized carbons (Fsp3) is 0.280. The van der Waals surface area contributed by atoms with Gasteiger partial charge in [-0.2, -0.15) is 0 Å². The van der Waals surface area contributed by atoms with Gasteiger partial charge in [0.1, 0.15) is 12.4 Å². The largest absolute Gasteiger partial charge is 0.489 e. The van der Waals surface area contributed by atoms with Crippen LogP contribution in [0.3, 0.4) is 0 Å². The Balaban J connectivity index is 2.05. The number of nitrogens with zero attached hydrogens (tertiary/aromatic N) is 1. The lowest BCUT2D eigenvalue weighted by Gasteiger charge is -2.35. The Labute approximate surface area is 182 Å². The molecule has 1 heterocycles. The topological polar surface area (TPSA) is 65.1 Å². The van der Waals surface area contributed by atoms with Crippen LogP contribution in [0.15, 0.2) is 77.1 Å². The number of benzene rings is 2. The van der Waals surface area contributed by atoms with Crippen molar-refractivity contribution in [3.63, 3.8) is 0 Å². The number of rotatable bonds is 6. The second-order valence-corrected chi connectivity index (χ2v) is 7.32. The second-order valence-electron chi connectivity index (χ2n) is 7.32. The van der Waals surface area contributed by atoms with E-state index in [4.69, 9.17) is 14.2 Å². The van der Waals surface area contributed by atoms with Crippen molar-refractivity contribution in [2.45, 2.75) is 26.4 Å². The van der Waals surface area contributed by atoms with Crippen molar-refractivity contribution in [3.05, 3.63) is 88.3 Å². The molecule has 0 saturated carbocycles. The van der Waals surface area contributed by atoms with Crippen LogP contribution < -0.4 is 4.74 Å². The Morgan fingerprint density at radius 1 is 0.871 bits per heavy atom. The predicted octanol–water partition coefficient (Wildman–Crippen LogP) is 4.19. The molecule has 6 nitrogen and oxygen atoms in total. The summed E-state index contributed by atoms with van der Waals surface area (Å²) in [5, 5.41) is 0. The molecule has 0 aromatic heterocycles. The van der Waals surface area contributed by atoms with Crippen molar-refractivity contribution in [2.24, 2.45) is 0 Å². The average molecular weight is 421 g/mol. The number of allylic oxidation sites excluding steroid dienone is 2. The summed E-state index contributed by atoms with van der Waals surface area (Å²) in [4.78, 5) is 27.3. The molecule has 0 bridgehead atoms. The lowest BCUT2D eigenvalue weighted by molar-refractivity contribution is -0.137. The van der Waals surface area contributed by atoms with Gasteiger partial charge in [0.25, 0.3) is 0 Å². The third-order valence-electron chi connectivity index (χ3n) is 5.61. The lowest BCUT2D eigenvalue weighted by atomic mass is 9.80. The molecule has 0 saturated heterocycles. The molecule has 0 spiro atoms. The van der Waals surface area contributed by atoms with Crippen molar-refractivity contribution in [1.29, 1.82) is 0 Å². The molecule has 2 aromatic rings. The average Bonchev–Trinajstić information content (AvgIpc) is 2.81. The number of hydrogen-bond acceptors (Lipinski definition) is 6. The van der Waals surface area contributed by atoms with E-state index in [1.165, 1.54) is 14.2 Å². The van der Waals surface area contributed by atoms with E-state index in [1.54, 1.807) is 0 Å². The van der Waals surface area contributed by atoms with Gasteiger partial charge in [-0.25, -0.2) is 9.59 Å². The van der Waals surface area contributed by atoms with Crippen LogP contribution in [0.5, 0.6) is 5.75 Å². The Bertz CT molecular complexity index is 999. The van der Waals surface area contributed by atoms with E-state index in [0.29, 0.717) is 23.5 Å². The molecular weight excluding hydrogens is 394 g/mol. The highest BCUT2D eigenvalue weighted by molar-refractivity contribution is 5.99. The summed E-state index contributed by atoms with van der Waals surface area (Å²) in [7, 11) is 4.48. The van der Waals surface area contributed by atoms with Crippen LogP contribution in [0.4, 0.5) is 0 Å². The van der Waals surface area contributed by atoms with Crippen molar-refractivity contribution >= 4 is 11.9 Å². The minimum Gasteiger partial charge on any atom is -0.489 e. The van der Waals surface area contributed by atoms with E-state index in [-0.39, 0.29) is 0 Å². The van der Waals surface area contributed by atoms with Crippen molar-refractivity contribution in [3.8, 4) is 5.75 Å². The summed E-state index contributed by atoms with van der Waals surface area (Å²) < 4.78 is 16.1. The van der Waals surface area contributed by atoms with Crippen LogP contribution in [0.2, 0.25) is 0 Å². The number of carbonyl (C=O) groups is 2. The van der Waals surface area contributed by atoms with Crippen molar-refractivity contribution in [1.82, 2.24) is 4.90 Å². The SMILES string of the molecule is COC(=O)C1=C(C)N(C)C(C)=C(C(=O)OC)C1c1cccc(OCc2ccccc2)c1.